The van der Waals surface area contributed by atoms with E-state index in [2.05, 4.69) is 15.0 Å². The molecule has 0 spiro atoms. The molecule has 0 bridgehead atoms. The van der Waals surface area contributed by atoms with Crippen LogP contribution in [0.2, 0.25) is 0 Å². The molecule has 6 rings (SSSR count). The molecule has 0 radical (unpaired) electrons. The van der Waals surface area contributed by atoms with Crippen LogP contribution in [0.4, 0.5) is 5.82 Å². The van der Waals surface area contributed by atoms with Gasteiger partial charge in [-0.1, -0.05) is 54.6 Å². The maximum absolute atomic E-state index is 11.0. The van der Waals surface area contributed by atoms with Crippen molar-refractivity contribution < 1.29 is 24.1 Å². The molecule has 1 saturated heterocycles. The zero-order valence-corrected chi connectivity index (χ0v) is 22.8. The SMILES string of the molecule is COc1ccc(C(OC[C@@H]2C[C@H](O)[C@H](n3cnc4c(N)ncnc43)O2)(c2ccccc2)c2ccc(OC)cc2)cc1. The maximum Gasteiger partial charge on any atom is 0.167 e. The third-order valence-electron chi connectivity index (χ3n) is 7.49. The number of nitrogens with zero attached hydrogens (tertiary/aromatic N) is 4. The minimum atomic E-state index is -0.990. The maximum atomic E-state index is 11.0. The Kier molecular flexibility index (Phi) is 7.27. The van der Waals surface area contributed by atoms with Crippen molar-refractivity contribution in [3.63, 3.8) is 0 Å². The van der Waals surface area contributed by atoms with Gasteiger partial charge < -0.3 is 29.8 Å². The highest BCUT2D eigenvalue weighted by Gasteiger charge is 2.42. The summed E-state index contributed by atoms with van der Waals surface area (Å²) in [5, 5.41) is 11.0. The number of nitrogen functional groups attached to an aromatic ring is 1. The Morgan fingerprint density at radius 3 is 2.10 bits per heavy atom. The van der Waals surface area contributed by atoms with Gasteiger partial charge >= 0.3 is 0 Å². The van der Waals surface area contributed by atoms with Gasteiger partial charge in [0.2, 0.25) is 0 Å². The number of aliphatic hydroxyl groups is 1. The van der Waals surface area contributed by atoms with E-state index >= 15 is 0 Å². The van der Waals surface area contributed by atoms with Gasteiger partial charge in [-0.3, -0.25) is 4.57 Å². The molecular formula is C31H31N5O5. The number of methoxy groups -OCH3 is 2. The first-order chi connectivity index (χ1) is 20.0. The Morgan fingerprint density at radius 2 is 1.49 bits per heavy atom. The number of anilines is 1. The van der Waals surface area contributed by atoms with Crippen LogP contribution in [-0.4, -0.2) is 57.7 Å². The van der Waals surface area contributed by atoms with Gasteiger partial charge in [-0.25, -0.2) is 15.0 Å². The van der Waals surface area contributed by atoms with E-state index in [1.807, 2.05) is 78.9 Å². The number of fused-ring (bicyclic) bond motifs is 1. The number of rotatable bonds is 9. The number of benzene rings is 3. The predicted molar refractivity (Wildman–Crippen MR) is 153 cm³/mol. The smallest absolute Gasteiger partial charge is 0.167 e. The molecule has 1 aliphatic rings. The molecule has 1 aliphatic heterocycles. The first-order valence-electron chi connectivity index (χ1n) is 13.3. The lowest BCUT2D eigenvalue weighted by atomic mass is 9.80. The summed E-state index contributed by atoms with van der Waals surface area (Å²) in [5.41, 5.74) is 8.70. The van der Waals surface area contributed by atoms with E-state index in [-0.39, 0.29) is 12.4 Å². The standard InChI is InChI=1S/C31H31N5O5/c1-38-23-12-8-21(9-13-23)31(20-6-4-3-5-7-20,22-10-14-24(39-2)15-11-22)40-17-25-16-26(37)30(41-25)36-19-35-27-28(32)33-18-34-29(27)36/h3-15,18-19,25-26,30,37H,16-17H2,1-2H3,(H2,32,33,34)/t25-,26-,30+/m0/s1. The molecule has 210 valence electrons. The van der Waals surface area contributed by atoms with E-state index in [9.17, 15) is 5.11 Å². The van der Waals surface area contributed by atoms with Gasteiger partial charge in [-0.2, -0.15) is 0 Å². The topological polar surface area (TPSA) is 127 Å². The number of ether oxygens (including phenoxy) is 4. The molecule has 0 saturated carbocycles. The van der Waals surface area contributed by atoms with Crippen molar-refractivity contribution >= 4 is 17.0 Å². The van der Waals surface area contributed by atoms with Gasteiger partial charge in [0.1, 0.15) is 35.0 Å². The normalized spacial score (nSPS) is 19.0. The summed E-state index contributed by atoms with van der Waals surface area (Å²) in [6.07, 6.45) is 1.39. The molecule has 3 heterocycles. The molecule has 41 heavy (non-hydrogen) atoms. The average Bonchev–Trinajstić information content (AvgIpc) is 3.62. The third kappa shape index (κ3) is 4.86. The molecule has 10 nitrogen and oxygen atoms in total. The minimum absolute atomic E-state index is 0.199. The fourth-order valence-corrected chi connectivity index (χ4v) is 5.44. The Bertz CT molecular complexity index is 1560. The monoisotopic (exact) mass is 553 g/mol. The first-order valence-corrected chi connectivity index (χ1v) is 13.3. The molecule has 0 unspecified atom stereocenters. The van der Waals surface area contributed by atoms with Crippen molar-refractivity contribution in [2.45, 2.75) is 30.5 Å². The third-order valence-corrected chi connectivity index (χ3v) is 7.49. The molecule has 0 aliphatic carbocycles. The van der Waals surface area contributed by atoms with Crippen molar-refractivity contribution in [1.29, 1.82) is 0 Å². The van der Waals surface area contributed by atoms with Crippen LogP contribution in [0, 0.1) is 0 Å². The van der Waals surface area contributed by atoms with Crippen molar-refractivity contribution in [2.75, 3.05) is 26.6 Å². The highest BCUT2D eigenvalue weighted by atomic mass is 16.6. The van der Waals surface area contributed by atoms with Gasteiger partial charge in [-0.15, -0.1) is 0 Å². The lowest BCUT2D eigenvalue weighted by Gasteiger charge is -2.37. The Labute approximate surface area is 237 Å². The number of imidazole rings is 1. The minimum Gasteiger partial charge on any atom is -0.497 e. The Balaban J connectivity index is 1.36. The largest absolute Gasteiger partial charge is 0.497 e. The second-order valence-corrected chi connectivity index (χ2v) is 9.85. The number of aliphatic hydroxyl groups excluding tert-OH is 1. The van der Waals surface area contributed by atoms with Crippen LogP contribution in [0.25, 0.3) is 11.2 Å². The van der Waals surface area contributed by atoms with Crippen molar-refractivity contribution in [3.05, 3.63) is 108 Å². The fourth-order valence-electron chi connectivity index (χ4n) is 5.44. The van der Waals surface area contributed by atoms with Gasteiger partial charge in [0.05, 0.1) is 33.3 Å². The van der Waals surface area contributed by atoms with Crippen molar-refractivity contribution in [3.8, 4) is 11.5 Å². The summed E-state index contributed by atoms with van der Waals surface area (Å²) >= 11 is 0. The molecule has 1 fully saturated rings. The van der Waals surface area contributed by atoms with Crippen LogP contribution < -0.4 is 15.2 Å². The van der Waals surface area contributed by atoms with Gasteiger partial charge in [0.25, 0.3) is 0 Å². The van der Waals surface area contributed by atoms with Crippen LogP contribution in [0.5, 0.6) is 11.5 Å². The van der Waals surface area contributed by atoms with E-state index in [0.29, 0.717) is 17.6 Å². The second kappa shape index (κ2) is 11.2. The molecule has 0 amide bonds. The highest BCUT2D eigenvalue weighted by molar-refractivity contribution is 5.81. The van der Waals surface area contributed by atoms with Crippen molar-refractivity contribution in [1.82, 2.24) is 19.5 Å². The highest BCUT2D eigenvalue weighted by Crippen LogP contribution is 2.43. The second-order valence-electron chi connectivity index (χ2n) is 9.85. The molecular weight excluding hydrogens is 522 g/mol. The van der Waals surface area contributed by atoms with E-state index in [1.54, 1.807) is 25.1 Å². The number of nitrogens with two attached hydrogens (primary N) is 1. The summed E-state index contributed by atoms with van der Waals surface area (Å²) in [6, 6.07) is 25.7. The molecule has 3 N–H and O–H groups in total. The summed E-state index contributed by atoms with van der Waals surface area (Å²) in [4.78, 5) is 12.6. The molecule has 3 atom stereocenters. The van der Waals surface area contributed by atoms with Gasteiger partial charge in [-0.05, 0) is 41.0 Å². The zero-order valence-electron chi connectivity index (χ0n) is 22.8. The van der Waals surface area contributed by atoms with Crippen molar-refractivity contribution in [2.24, 2.45) is 0 Å². The summed E-state index contributed by atoms with van der Waals surface area (Å²) in [6.45, 7) is 0.199. The number of aromatic nitrogens is 4. The van der Waals surface area contributed by atoms with E-state index < -0.39 is 24.0 Å². The summed E-state index contributed by atoms with van der Waals surface area (Å²) < 4.78 is 25.9. The Morgan fingerprint density at radius 1 is 0.878 bits per heavy atom. The predicted octanol–water partition coefficient (Wildman–Crippen LogP) is 4.08. The Hall–Kier alpha value is -4.51. The zero-order chi connectivity index (χ0) is 28.4. The quantitative estimate of drug-likeness (QED) is 0.260. The van der Waals surface area contributed by atoms with E-state index in [0.717, 1.165) is 28.2 Å². The molecule has 3 aromatic carbocycles. The van der Waals surface area contributed by atoms with Crippen LogP contribution in [0.3, 0.4) is 0 Å². The van der Waals surface area contributed by atoms with Crippen LogP contribution >= 0.6 is 0 Å². The lowest BCUT2D eigenvalue weighted by molar-refractivity contribution is -0.0851. The van der Waals surface area contributed by atoms with E-state index in [1.165, 1.54) is 6.33 Å². The molecule has 5 aromatic rings. The van der Waals surface area contributed by atoms with Crippen LogP contribution in [-0.2, 0) is 15.1 Å². The van der Waals surface area contributed by atoms with Gasteiger partial charge in [0, 0.05) is 6.42 Å². The van der Waals surface area contributed by atoms with Crippen LogP contribution in [0.15, 0.2) is 91.5 Å². The average molecular weight is 554 g/mol. The lowest BCUT2D eigenvalue weighted by Crippen LogP contribution is -2.35. The molecule has 2 aromatic heterocycles. The first kappa shape index (κ1) is 26.7. The van der Waals surface area contributed by atoms with E-state index in [4.69, 9.17) is 24.7 Å². The van der Waals surface area contributed by atoms with Crippen LogP contribution in [0.1, 0.15) is 29.3 Å². The summed E-state index contributed by atoms with van der Waals surface area (Å²) in [5.74, 6) is 1.76. The fraction of sp³-hybridized carbons (Fsp3) is 0.258. The number of hydrogen-bond acceptors (Lipinski definition) is 9. The number of hydrogen-bond donors (Lipinski definition) is 2. The summed E-state index contributed by atoms with van der Waals surface area (Å²) in [7, 11) is 3.28. The van der Waals surface area contributed by atoms with Gasteiger partial charge in [0.15, 0.2) is 17.7 Å². The molecule has 10 heteroatoms.